The summed E-state index contributed by atoms with van der Waals surface area (Å²) >= 11 is 1.65. The molecule has 120 valence electrons. The predicted molar refractivity (Wildman–Crippen MR) is 89.7 cm³/mol. The summed E-state index contributed by atoms with van der Waals surface area (Å²) in [5.41, 5.74) is 0.835. The van der Waals surface area contributed by atoms with Gasteiger partial charge in [0.2, 0.25) is 0 Å². The molecule has 1 aromatic heterocycles. The van der Waals surface area contributed by atoms with Crippen molar-refractivity contribution in [1.82, 2.24) is 5.32 Å². The number of anilines is 1. The molecule has 1 aromatic carbocycles. The number of hydrogen-bond acceptors (Lipinski definition) is 4. The summed E-state index contributed by atoms with van der Waals surface area (Å²) in [4.78, 5) is 27.0. The van der Waals surface area contributed by atoms with E-state index in [0.29, 0.717) is 19.5 Å². The van der Waals surface area contributed by atoms with Gasteiger partial charge in [0.15, 0.2) is 6.10 Å². The molecule has 5 nitrogen and oxygen atoms in total. The lowest BCUT2D eigenvalue weighted by Gasteiger charge is -2.16. The number of para-hydroxylation sites is 1. The molecule has 23 heavy (non-hydrogen) atoms. The number of carbonyl (C=O) groups is 2. The molecule has 0 aliphatic carbocycles. The van der Waals surface area contributed by atoms with Crippen molar-refractivity contribution in [2.24, 2.45) is 0 Å². The van der Waals surface area contributed by atoms with E-state index in [-0.39, 0.29) is 5.91 Å². The van der Waals surface area contributed by atoms with E-state index in [0.717, 1.165) is 12.1 Å². The van der Waals surface area contributed by atoms with Gasteiger partial charge >= 0.3 is 6.09 Å². The van der Waals surface area contributed by atoms with Crippen molar-refractivity contribution >= 4 is 29.0 Å². The third kappa shape index (κ3) is 3.90. The molecule has 1 unspecified atom stereocenters. The first-order chi connectivity index (χ1) is 11.2. The highest BCUT2D eigenvalue weighted by molar-refractivity contribution is 7.09. The first kappa shape index (κ1) is 15.6. The van der Waals surface area contributed by atoms with Crippen LogP contribution in [0.5, 0.6) is 0 Å². The molecule has 1 N–H and O–H groups in total. The highest BCUT2D eigenvalue weighted by Crippen LogP contribution is 2.22. The zero-order chi connectivity index (χ0) is 16.1. The molecule has 0 saturated carbocycles. The molecule has 2 heterocycles. The van der Waals surface area contributed by atoms with Crippen LogP contribution in [0.25, 0.3) is 0 Å². The van der Waals surface area contributed by atoms with Crippen LogP contribution in [0.15, 0.2) is 47.8 Å². The van der Waals surface area contributed by atoms with Crippen LogP contribution in [0.3, 0.4) is 0 Å². The van der Waals surface area contributed by atoms with Crippen molar-refractivity contribution in [3.05, 3.63) is 52.7 Å². The Morgan fingerprint density at radius 1 is 1.26 bits per heavy atom. The summed E-state index contributed by atoms with van der Waals surface area (Å²) in [6.45, 7) is 1.07. The van der Waals surface area contributed by atoms with Crippen LogP contribution in [0, 0.1) is 0 Å². The molecule has 1 saturated heterocycles. The molecule has 0 bridgehead atoms. The van der Waals surface area contributed by atoms with Gasteiger partial charge in [0, 0.05) is 30.1 Å². The Kier molecular flexibility index (Phi) is 4.92. The van der Waals surface area contributed by atoms with E-state index < -0.39 is 12.2 Å². The number of nitrogens with zero attached hydrogens (tertiary/aromatic N) is 1. The largest absolute Gasteiger partial charge is 0.436 e. The fourth-order valence-electron chi connectivity index (χ4n) is 2.54. The Morgan fingerprint density at radius 3 is 2.83 bits per heavy atom. The SMILES string of the molecule is O=C(NCCc1cccs1)OC1CCN(c2ccccc2)C1=O. The van der Waals surface area contributed by atoms with Gasteiger partial charge in [0.25, 0.3) is 5.91 Å². The second-order valence-corrected chi connectivity index (χ2v) is 6.30. The maximum atomic E-state index is 12.3. The van der Waals surface area contributed by atoms with Gasteiger partial charge in [-0.2, -0.15) is 0 Å². The molecule has 0 radical (unpaired) electrons. The lowest BCUT2D eigenvalue weighted by Crippen LogP contribution is -2.35. The van der Waals surface area contributed by atoms with Gasteiger partial charge in [-0.05, 0) is 30.0 Å². The molecule has 3 rings (SSSR count). The van der Waals surface area contributed by atoms with E-state index in [1.165, 1.54) is 4.88 Å². The number of carbonyl (C=O) groups excluding carboxylic acids is 2. The number of alkyl carbamates (subject to hydrolysis) is 1. The van der Waals surface area contributed by atoms with E-state index >= 15 is 0 Å². The standard InChI is InChI=1S/C17H18N2O3S/c20-16-15(9-11-19(16)13-5-2-1-3-6-13)22-17(21)18-10-8-14-7-4-12-23-14/h1-7,12,15H,8-11H2,(H,18,21). The number of amides is 2. The average molecular weight is 330 g/mol. The van der Waals surface area contributed by atoms with Crippen LogP contribution < -0.4 is 10.2 Å². The number of thiophene rings is 1. The van der Waals surface area contributed by atoms with Crippen LogP contribution in [0.4, 0.5) is 10.5 Å². The predicted octanol–water partition coefficient (Wildman–Crippen LogP) is 2.82. The van der Waals surface area contributed by atoms with Gasteiger partial charge in [-0.15, -0.1) is 11.3 Å². The zero-order valence-electron chi connectivity index (χ0n) is 12.6. The van der Waals surface area contributed by atoms with E-state index in [1.807, 2.05) is 47.8 Å². The summed E-state index contributed by atoms with van der Waals surface area (Å²) in [5, 5.41) is 4.70. The maximum Gasteiger partial charge on any atom is 0.407 e. The topological polar surface area (TPSA) is 58.6 Å². The maximum absolute atomic E-state index is 12.3. The van der Waals surface area contributed by atoms with Crippen LogP contribution >= 0.6 is 11.3 Å². The van der Waals surface area contributed by atoms with Crippen LogP contribution in [0.2, 0.25) is 0 Å². The molecule has 1 fully saturated rings. The van der Waals surface area contributed by atoms with Crippen molar-refractivity contribution in [2.75, 3.05) is 18.0 Å². The number of hydrogen-bond donors (Lipinski definition) is 1. The Labute approximate surface area is 138 Å². The van der Waals surface area contributed by atoms with Crippen molar-refractivity contribution in [3.63, 3.8) is 0 Å². The highest BCUT2D eigenvalue weighted by atomic mass is 32.1. The fourth-order valence-corrected chi connectivity index (χ4v) is 3.25. The van der Waals surface area contributed by atoms with E-state index in [9.17, 15) is 9.59 Å². The smallest absolute Gasteiger partial charge is 0.407 e. The van der Waals surface area contributed by atoms with Crippen molar-refractivity contribution in [2.45, 2.75) is 18.9 Å². The first-order valence-corrected chi connectivity index (χ1v) is 8.45. The van der Waals surface area contributed by atoms with E-state index in [4.69, 9.17) is 4.74 Å². The lowest BCUT2D eigenvalue weighted by molar-refractivity contribution is -0.124. The van der Waals surface area contributed by atoms with Gasteiger partial charge in [0.05, 0.1) is 0 Å². The molecule has 1 aliphatic heterocycles. The molecular formula is C17H18N2O3S. The molecule has 1 atom stereocenters. The summed E-state index contributed by atoms with van der Waals surface area (Å²) < 4.78 is 5.26. The lowest BCUT2D eigenvalue weighted by atomic mass is 10.3. The van der Waals surface area contributed by atoms with Crippen molar-refractivity contribution < 1.29 is 14.3 Å². The highest BCUT2D eigenvalue weighted by Gasteiger charge is 2.35. The summed E-state index contributed by atoms with van der Waals surface area (Å²) in [5.74, 6) is -0.162. The minimum absolute atomic E-state index is 0.162. The minimum atomic E-state index is -0.697. The van der Waals surface area contributed by atoms with Gasteiger partial charge < -0.3 is 15.0 Å². The molecule has 1 aliphatic rings. The number of benzene rings is 1. The van der Waals surface area contributed by atoms with E-state index in [1.54, 1.807) is 16.2 Å². The molecule has 6 heteroatoms. The van der Waals surface area contributed by atoms with Gasteiger partial charge in [-0.3, -0.25) is 4.79 Å². The first-order valence-electron chi connectivity index (χ1n) is 7.57. The monoisotopic (exact) mass is 330 g/mol. The summed E-state index contributed by atoms with van der Waals surface area (Å²) in [7, 11) is 0. The van der Waals surface area contributed by atoms with Gasteiger partial charge in [-0.25, -0.2) is 4.79 Å². The fraction of sp³-hybridized carbons (Fsp3) is 0.294. The molecule has 2 aromatic rings. The summed E-state index contributed by atoms with van der Waals surface area (Å²) in [6.07, 6.45) is 0.0555. The van der Waals surface area contributed by atoms with Crippen molar-refractivity contribution in [3.8, 4) is 0 Å². The molecular weight excluding hydrogens is 312 g/mol. The third-order valence-corrected chi connectivity index (χ3v) is 4.63. The van der Waals surface area contributed by atoms with Gasteiger partial charge in [-0.1, -0.05) is 24.3 Å². The third-order valence-electron chi connectivity index (χ3n) is 3.69. The minimum Gasteiger partial charge on any atom is -0.436 e. The molecule has 0 spiro atoms. The Hall–Kier alpha value is -2.34. The quantitative estimate of drug-likeness (QED) is 0.917. The Bertz CT molecular complexity index is 658. The Morgan fingerprint density at radius 2 is 2.09 bits per heavy atom. The van der Waals surface area contributed by atoms with Crippen LogP contribution in [-0.4, -0.2) is 31.2 Å². The second kappa shape index (κ2) is 7.28. The average Bonchev–Trinajstić information content (AvgIpc) is 3.19. The second-order valence-electron chi connectivity index (χ2n) is 5.26. The van der Waals surface area contributed by atoms with E-state index in [2.05, 4.69) is 5.32 Å². The van der Waals surface area contributed by atoms with Crippen LogP contribution in [0.1, 0.15) is 11.3 Å². The number of rotatable bonds is 5. The zero-order valence-corrected chi connectivity index (χ0v) is 13.4. The van der Waals surface area contributed by atoms with Crippen molar-refractivity contribution in [1.29, 1.82) is 0 Å². The van der Waals surface area contributed by atoms with Gasteiger partial charge in [0.1, 0.15) is 0 Å². The number of ether oxygens (including phenoxy) is 1. The Balaban J connectivity index is 1.47. The molecule has 2 amide bonds. The number of nitrogens with one attached hydrogen (secondary N) is 1. The summed E-state index contributed by atoms with van der Waals surface area (Å²) in [6, 6.07) is 13.4. The normalized spacial score (nSPS) is 17.3. The van der Waals surface area contributed by atoms with Crippen LogP contribution in [-0.2, 0) is 16.0 Å².